The molecule has 5 heteroatoms. The van der Waals surface area contributed by atoms with Gasteiger partial charge in [-0.2, -0.15) is 0 Å². The molecule has 0 amide bonds. The molecule has 1 atom stereocenters. The highest BCUT2D eigenvalue weighted by Gasteiger charge is 2.15. The van der Waals surface area contributed by atoms with Crippen LogP contribution in [-0.2, 0) is 0 Å². The summed E-state index contributed by atoms with van der Waals surface area (Å²) in [6, 6.07) is 0.683. The molecule has 1 aromatic heterocycles. The zero-order valence-electron chi connectivity index (χ0n) is 8.25. The van der Waals surface area contributed by atoms with Crippen molar-refractivity contribution in [2.75, 3.05) is 18.0 Å². The normalized spacial score (nSPS) is 21.6. The molecule has 1 aromatic rings. The van der Waals surface area contributed by atoms with E-state index in [1.165, 1.54) is 23.6 Å². The van der Waals surface area contributed by atoms with Gasteiger partial charge >= 0.3 is 0 Å². The molecule has 0 aromatic carbocycles. The van der Waals surface area contributed by atoms with Gasteiger partial charge in [0.05, 0.1) is 9.90 Å². The number of nitrogens with zero attached hydrogens (tertiary/aromatic N) is 1. The number of nitrogen functional groups attached to an aromatic ring is 1. The van der Waals surface area contributed by atoms with Crippen molar-refractivity contribution in [1.29, 1.82) is 0 Å². The third-order valence-corrected chi connectivity index (χ3v) is 4.86. The van der Waals surface area contributed by atoms with Gasteiger partial charge in [0.1, 0.15) is 0 Å². The molecule has 0 radical (unpaired) electrons. The van der Waals surface area contributed by atoms with E-state index in [1.807, 2.05) is 18.7 Å². The topological polar surface area (TPSA) is 50.9 Å². The maximum Gasteiger partial charge on any atom is 0.181 e. The predicted molar refractivity (Wildman–Crippen MR) is 63.0 cm³/mol. The summed E-state index contributed by atoms with van der Waals surface area (Å²) in [6.07, 6.45) is 2.62. The molecule has 2 heterocycles. The summed E-state index contributed by atoms with van der Waals surface area (Å²) in [7, 11) is 0. The van der Waals surface area contributed by atoms with Crippen molar-refractivity contribution in [2.45, 2.75) is 30.0 Å². The van der Waals surface area contributed by atoms with Crippen molar-refractivity contribution in [3.63, 3.8) is 0 Å². The molecular formula is C9H15N3S2. The van der Waals surface area contributed by atoms with E-state index < -0.39 is 0 Å². The highest BCUT2D eigenvalue weighted by atomic mass is 32.2. The van der Waals surface area contributed by atoms with Crippen molar-refractivity contribution in [3.05, 3.63) is 5.69 Å². The molecule has 2 rings (SSSR count). The molecule has 0 aliphatic carbocycles. The molecule has 14 heavy (non-hydrogen) atoms. The number of aryl methyl sites for hydroxylation is 1. The number of nitrogens with one attached hydrogen (secondary N) is 1. The third kappa shape index (κ3) is 2.40. The van der Waals surface area contributed by atoms with E-state index in [0.29, 0.717) is 11.2 Å². The molecule has 1 aliphatic heterocycles. The minimum absolute atomic E-state index is 0.683. The highest BCUT2D eigenvalue weighted by Crippen LogP contribution is 2.31. The summed E-state index contributed by atoms with van der Waals surface area (Å²) in [4.78, 5) is 4.21. The number of hydrogen-bond acceptors (Lipinski definition) is 5. The summed E-state index contributed by atoms with van der Waals surface area (Å²) in [5.41, 5.74) is 6.72. The average molecular weight is 229 g/mol. The second-order valence-corrected chi connectivity index (χ2v) is 5.85. The van der Waals surface area contributed by atoms with Crippen LogP contribution in [0.15, 0.2) is 4.21 Å². The Balaban J connectivity index is 1.87. The van der Waals surface area contributed by atoms with E-state index >= 15 is 0 Å². The lowest BCUT2D eigenvalue weighted by Crippen LogP contribution is -2.23. The van der Waals surface area contributed by atoms with Gasteiger partial charge in [-0.15, -0.1) is 11.8 Å². The predicted octanol–water partition coefficient (Wildman–Crippen LogP) is 1.88. The second kappa shape index (κ2) is 4.51. The Hall–Kier alpha value is -0.260. The molecule has 1 saturated heterocycles. The van der Waals surface area contributed by atoms with Crippen molar-refractivity contribution in [2.24, 2.45) is 0 Å². The Morgan fingerprint density at radius 3 is 3.14 bits per heavy atom. The van der Waals surface area contributed by atoms with Gasteiger partial charge in [-0.1, -0.05) is 11.3 Å². The van der Waals surface area contributed by atoms with Crippen molar-refractivity contribution in [1.82, 2.24) is 10.3 Å². The minimum Gasteiger partial charge on any atom is -0.375 e. The maximum atomic E-state index is 5.64. The fourth-order valence-corrected chi connectivity index (χ4v) is 3.77. The van der Waals surface area contributed by atoms with Crippen LogP contribution < -0.4 is 11.1 Å². The Morgan fingerprint density at radius 2 is 2.57 bits per heavy atom. The first-order valence-corrected chi connectivity index (χ1v) is 6.65. The first-order valence-electron chi connectivity index (χ1n) is 4.85. The van der Waals surface area contributed by atoms with Gasteiger partial charge < -0.3 is 11.1 Å². The first-order chi connectivity index (χ1) is 6.75. The fourth-order valence-electron chi connectivity index (χ4n) is 1.61. The molecule has 3 nitrogen and oxygen atoms in total. The molecule has 78 valence electrons. The molecule has 0 saturated carbocycles. The summed E-state index contributed by atoms with van der Waals surface area (Å²) in [6.45, 7) is 3.20. The van der Waals surface area contributed by atoms with Gasteiger partial charge in [0.2, 0.25) is 0 Å². The quantitative estimate of drug-likeness (QED) is 0.777. The number of hydrogen-bond donors (Lipinski definition) is 2. The molecule has 0 spiro atoms. The second-order valence-electron chi connectivity index (χ2n) is 3.53. The van der Waals surface area contributed by atoms with E-state index in [0.717, 1.165) is 11.4 Å². The van der Waals surface area contributed by atoms with Crippen LogP contribution in [0, 0.1) is 6.92 Å². The van der Waals surface area contributed by atoms with Crippen LogP contribution in [0.1, 0.15) is 18.5 Å². The summed E-state index contributed by atoms with van der Waals surface area (Å²) in [5, 5.41) is 4.17. The van der Waals surface area contributed by atoms with Crippen LogP contribution >= 0.6 is 23.1 Å². The lowest BCUT2D eigenvalue weighted by atomic mass is 10.3. The number of aromatic nitrogens is 1. The monoisotopic (exact) mass is 229 g/mol. The van der Waals surface area contributed by atoms with E-state index in [-0.39, 0.29) is 0 Å². The van der Waals surface area contributed by atoms with Crippen LogP contribution in [0.25, 0.3) is 0 Å². The molecule has 1 aliphatic rings. The molecule has 0 unspecified atom stereocenters. The minimum atomic E-state index is 0.683. The Morgan fingerprint density at radius 1 is 1.71 bits per heavy atom. The zero-order chi connectivity index (χ0) is 9.97. The van der Waals surface area contributed by atoms with Gasteiger partial charge in [-0.05, 0) is 26.3 Å². The largest absolute Gasteiger partial charge is 0.375 e. The van der Waals surface area contributed by atoms with E-state index in [4.69, 9.17) is 5.73 Å². The maximum absolute atomic E-state index is 5.64. The fraction of sp³-hybridized carbons (Fsp3) is 0.667. The molecular weight excluding hydrogens is 214 g/mol. The molecule has 0 bridgehead atoms. The van der Waals surface area contributed by atoms with Gasteiger partial charge in [0.15, 0.2) is 5.13 Å². The van der Waals surface area contributed by atoms with Crippen LogP contribution in [0.3, 0.4) is 0 Å². The third-order valence-electron chi connectivity index (χ3n) is 2.35. The summed E-state index contributed by atoms with van der Waals surface area (Å²) in [5.74, 6) is 1.14. The number of rotatable bonds is 3. The zero-order valence-corrected chi connectivity index (χ0v) is 9.88. The smallest absolute Gasteiger partial charge is 0.181 e. The Labute approximate surface area is 92.5 Å². The van der Waals surface area contributed by atoms with Crippen molar-refractivity contribution < 1.29 is 0 Å². The average Bonchev–Trinajstić information content (AvgIpc) is 2.72. The van der Waals surface area contributed by atoms with Gasteiger partial charge in [0.25, 0.3) is 0 Å². The van der Waals surface area contributed by atoms with Crippen LogP contribution in [-0.4, -0.2) is 23.3 Å². The van der Waals surface area contributed by atoms with Gasteiger partial charge in [-0.25, -0.2) is 4.98 Å². The van der Waals surface area contributed by atoms with Crippen LogP contribution in [0.5, 0.6) is 0 Å². The Bertz CT molecular complexity index is 305. The van der Waals surface area contributed by atoms with Gasteiger partial charge in [-0.3, -0.25) is 0 Å². The molecule has 1 fully saturated rings. The standard InChI is InChI=1S/C9H15N3S2/c1-6-8(14-9(10)12-6)13-5-7-3-2-4-11-7/h7,11H,2-5H2,1H3,(H2,10,12)/t7-/m0/s1. The SMILES string of the molecule is Cc1nc(N)sc1SC[C@@H]1CCCN1. The number of anilines is 1. The lowest BCUT2D eigenvalue weighted by molar-refractivity contribution is 0.674. The lowest BCUT2D eigenvalue weighted by Gasteiger charge is -2.07. The van der Waals surface area contributed by atoms with E-state index in [9.17, 15) is 0 Å². The van der Waals surface area contributed by atoms with Crippen LogP contribution in [0.4, 0.5) is 5.13 Å². The summed E-state index contributed by atoms with van der Waals surface area (Å²) >= 11 is 3.48. The van der Waals surface area contributed by atoms with E-state index in [1.54, 1.807) is 11.3 Å². The molecule has 3 N–H and O–H groups in total. The number of thiazole rings is 1. The number of thioether (sulfide) groups is 1. The van der Waals surface area contributed by atoms with Crippen LogP contribution in [0.2, 0.25) is 0 Å². The Kier molecular flexibility index (Phi) is 3.30. The first kappa shape index (κ1) is 10.3. The summed E-state index contributed by atoms with van der Waals surface area (Å²) < 4.78 is 1.27. The van der Waals surface area contributed by atoms with Crippen molar-refractivity contribution in [3.8, 4) is 0 Å². The van der Waals surface area contributed by atoms with Crippen molar-refractivity contribution >= 4 is 28.2 Å². The highest BCUT2D eigenvalue weighted by molar-refractivity contribution is 8.01. The van der Waals surface area contributed by atoms with E-state index in [2.05, 4.69) is 10.3 Å². The number of nitrogens with two attached hydrogens (primary N) is 1. The van der Waals surface area contributed by atoms with Gasteiger partial charge in [0, 0.05) is 11.8 Å².